The minimum Gasteiger partial charge on any atom is -0.467 e. The van der Waals surface area contributed by atoms with Gasteiger partial charge in [-0.2, -0.15) is 0 Å². The minimum atomic E-state index is -0.121. The van der Waals surface area contributed by atoms with Crippen LogP contribution in [0.2, 0.25) is 0 Å². The van der Waals surface area contributed by atoms with Crippen molar-refractivity contribution in [1.29, 1.82) is 0 Å². The molecule has 0 aliphatic rings. The number of nitrogens with one attached hydrogen (secondary N) is 2. The van der Waals surface area contributed by atoms with Crippen LogP contribution in [0.1, 0.15) is 38.7 Å². The van der Waals surface area contributed by atoms with Gasteiger partial charge in [0.2, 0.25) is 0 Å². The number of furan rings is 1. The number of rotatable bonds is 7. The normalized spacial score (nSPS) is 10.8. The van der Waals surface area contributed by atoms with Gasteiger partial charge in [0, 0.05) is 24.2 Å². The summed E-state index contributed by atoms with van der Waals surface area (Å²) in [4.78, 5) is 12.2. The minimum absolute atomic E-state index is 0.121. The van der Waals surface area contributed by atoms with Crippen molar-refractivity contribution in [2.75, 3.05) is 0 Å². The van der Waals surface area contributed by atoms with Crippen LogP contribution >= 0.6 is 0 Å². The van der Waals surface area contributed by atoms with E-state index in [0.717, 1.165) is 28.3 Å². The number of hydrogen-bond donors (Lipinski definition) is 2. The fourth-order valence-electron chi connectivity index (χ4n) is 2.59. The highest BCUT2D eigenvalue weighted by molar-refractivity contribution is 5.94. The van der Waals surface area contributed by atoms with E-state index in [-0.39, 0.29) is 5.91 Å². The van der Waals surface area contributed by atoms with Crippen LogP contribution in [0.25, 0.3) is 0 Å². The first kappa shape index (κ1) is 17.0. The summed E-state index contributed by atoms with van der Waals surface area (Å²) in [5, 5.41) is 10.2. The zero-order valence-corrected chi connectivity index (χ0v) is 14.3. The SMILES string of the molecule is Cc1noc(C)c1CNCc1cccc(C(=O)NCc2ccco2)c1. The summed E-state index contributed by atoms with van der Waals surface area (Å²) in [5.74, 6) is 1.44. The Morgan fingerprint density at radius 1 is 1.12 bits per heavy atom. The van der Waals surface area contributed by atoms with Crippen LogP contribution in [-0.4, -0.2) is 11.1 Å². The molecular formula is C19H21N3O3. The molecule has 0 saturated carbocycles. The molecule has 0 bridgehead atoms. The van der Waals surface area contributed by atoms with Gasteiger partial charge in [-0.05, 0) is 43.7 Å². The number of benzene rings is 1. The smallest absolute Gasteiger partial charge is 0.251 e. The summed E-state index contributed by atoms with van der Waals surface area (Å²) < 4.78 is 10.4. The van der Waals surface area contributed by atoms with Crippen molar-refractivity contribution in [3.63, 3.8) is 0 Å². The summed E-state index contributed by atoms with van der Waals surface area (Å²) in [6.45, 7) is 5.54. The highest BCUT2D eigenvalue weighted by atomic mass is 16.5. The van der Waals surface area contributed by atoms with Gasteiger partial charge in [0.25, 0.3) is 5.91 Å². The van der Waals surface area contributed by atoms with Crippen molar-refractivity contribution in [1.82, 2.24) is 15.8 Å². The van der Waals surface area contributed by atoms with E-state index >= 15 is 0 Å². The van der Waals surface area contributed by atoms with Crippen molar-refractivity contribution >= 4 is 5.91 Å². The number of amides is 1. The molecule has 0 aliphatic heterocycles. The van der Waals surface area contributed by atoms with Crippen LogP contribution in [0.15, 0.2) is 51.6 Å². The molecule has 3 rings (SSSR count). The Morgan fingerprint density at radius 3 is 2.72 bits per heavy atom. The van der Waals surface area contributed by atoms with Crippen LogP contribution in [0.3, 0.4) is 0 Å². The molecule has 2 N–H and O–H groups in total. The van der Waals surface area contributed by atoms with E-state index in [1.807, 2.05) is 38.1 Å². The predicted octanol–water partition coefficient (Wildman–Crippen LogP) is 3.10. The van der Waals surface area contributed by atoms with Crippen LogP contribution in [0.5, 0.6) is 0 Å². The first-order valence-electron chi connectivity index (χ1n) is 8.15. The summed E-state index contributed by atoms with van der Waals surface area (Å²) in [7, 11) is 0. The van der Waals surface area contributed by atoms with Crippen molar-refractivity contribution in [3.05, 3.63) is 76.6 Å². The number of aryl methyl sites for hydroxylation is 2. The molecule has 0 atom stereocenters. The Bertz CT molecular complexity index is 818. The average Bonchev–Trinajstić information content (AvgIpc) is 3.25. The van der Waals surface area contributed by atoms with Gasteiger partial charge in [-0.15, -0.1) is 0 Å². The van der Waals surface area contributed by atoms with Gasteiger partial charge in [-0.3, -0.25) is 4.79 Å². The van der Waals surface area contributed by atoms with Crippen molar-refractivity contribution < 1.29 is 13.7 Å². The lowest BCUT2D eigenvalue weighted by molar-refractivity contribution is 0.0948. The number of carbonyl (C=O) groups is 1. The lowest BCUT2D eigenvalue weighted by Gasteiger charge is -2.08. The lowest BCUT2D eigenvalue weighted by Crippen LogP contribution is -2.23. The average molecular weight is 339 g/mol. The Balaban J connectivity index is 1.54. The third kappa shape index (κ3) is 4.36. The zero-order valence-electron chi connectivity index (χ0n) is 14.3. The molecule has 1 aromatic carbocycles. The Kier molecular flexibility index (Phi) is 5.30. The number of hydrogen-bond acceptors (Lipinski definition) is 5. The Morgan fingerprint density at radius 2 is 2.00 bits per heavy atom. The van der Waals surface area contributed by atoms with E-state index in [1.165, 1.54) is 0 Å². The molecule has 130 valence electrons. The van der Waals surface area contributed by atoms with Crippen LogP contribution in [0.4, 0.5) is 0 Å². The van der Waals surface area contributed by atoms with E-state index < -0.39 is 0 Å². The topological polar surface area (TPSA) is 80.3 Å². The van der Waals surface area contributed by atoms with E-state index in [0.29, 0.717) is 25.2 Å². The summed E-state index contributed by atoms with van der Waals surface area (Å²) in [6, 6.07) is 11.2. The maximum absolute atomic E-state index is 12.2. The molecule has 25 heavy (non-hydrogen) atoms. The molecular weight excluding hydrogens is 318 g/mol. The highest BCUT2D eigenvalue weighted by Gasteiger charge is 2.09. The maximum Gasteiger partial charge on any atom is 0.251 e. The first-order valence-corrected chi connectivity index (χ1v) is 8.15. The van der Waals surface area contributed by atoms with Gasteiger partial charge < -0.3 is 19.6 Å². The fraction of sp³-hybridized carbons (Fsp3) is 0.263. The van der Waals surface area contributed by atoms with Gasteiger partial charge in [0.1, 0.15) is 11.5 Å². The number of nitrogens with zero attached hydrogens (tertiary/aromatic N) is 1. The van der Waals surface area contributed by atoms with E-state index in [4.69, 9.17) is 8.94 Å². The molecule has 2 aromatic heterocycles. The number of carbonyl (C=O) groups excluding carboxylic acids is 1. The lowest BCUT2D eigenvalue weighted by atomic mass is 10.1. The third-order valence-electron chi connectivity index (χ3n) is 4.00. The third-order valence-corrected chi connectivity index (χ3v) is 4.00. The second kappa shape index (κ2) is 7.81. The maximum atomic E-state index is 12.2. The molecule has 0 unspecified atom stereocenters. The van der Waals surface area contributed by atoms with Crippen LogP contribution in [-0.2, 0) is 19.6 Å². The van der Waals surface area contributed by atoms with E-state index in [1.54, 1.807) is 18.4 Å². The summed E-state index contributed by atoms with van der Waals surface area (Å²) in [6.07, 6.45) is 1.59. The molecule has 2 heterocycles. The molecule has 6 heteroatoms. The first-order chi connectivity index (χ1) is 12.1. The molecule has 0 aliphatic carbocycles. The number of aromatic nitrogens is 1. The quantitative estimate of drug-likeness (QED) is 0.691. The molecule has 3 aromatic rings. The van der Waals surface area contributed by atoms with Crippen LogP contribution < -0.4 is 10.6 Å². The monoisotopic (exact) mass is 339 g/mol. The van der Waals surface area contributed by atoms with Crippen molar-refractivity contribution in [3.8, 4) is 0 Å². The molecule has 6 nitrogen and oxygen atoms in total. The van der Waals surface area contributed by atoms with Gasteiger partial charge in [0.05, 0.1) is 18.5 Å². The summed E-state index contributed by atoms with van der Waals surface area (Å²) >= 11 is 0. The molecule has 0 fully saturated rings. The van der Waals surface area contributed by atoms with E-state index in [2.05, 4.69) is 15.8 Å². The second-order valence-electron chi connectivity index (χ2n) is 5.87. The van der Waals surface area contributed by atoms with Crippen molar-refractivity contribution in [2.45, 2.75) is 33.5 Å². The Labute approximate surface area is 146 Å². The fourth-order valence-corrected chi connectivity index (χ4v) is 2.59. The summed E-state index contributed by atoms with van der Waals surface area (Å²) in [5.41, 5.74) is 3.64. The zero-order chi connectivity index (χ0) is 17.6. The van der Waals surface area contributed by atoms with Crippen molar-refractivity contribution in [2.24, 2.45) is 0 Å². The van der Waals surface area contributed by atoms with Gasteiger partial charge >= 0.3 is 0 Å². The molecule has 0 saturated heterocycles. The van der Waals surface area contributed by atoms with Gasteiger partial charge in [0.15, 0.2) is 0 Å². The van der Waals surface area contributed by atoms with Gasteiger partial charge in [-0.1, -0.05) is 17.3 Å². The predicted molar refractivity (Wildman–Crippen MR) is 92.8 cm³/mol. The molecule has 0 radical (unpaired) electrons. The van der Waals surface area contributed by atoms with E-state index in [9.17, 15) is 4.79 Å². The largest absolute Gasteiger partial charge is 0.467 e. The van der Waals surface area contributed by atoms with Crippen LogP contribution in [0, 0.1) is 13.8 Å². The molecule has 0 spiro atoms. The molecule has 1 amide bonds. The highest BCUT2D eigenvalue weighted by Crippen LogP contribution is 2.12. The standard InChI is InChI=1S/C19H21N3O3/c1-13-18(14(2)25-22-13)12-20-10-15-5-3-6-16(9-15)19(23)21-11-17-7-4-8-24-17/h3-9,20H,10-12H2,1-2H3,(H,21,23). The second-order valence-corrected chi connectivity index (χ2v) is 5.87. The van der Waals surface area contributed by atoms with Gasteiger partial charge in [-0.25, -0.2) is 0 Å². The Hall–Kier alpha value is -2.86.